The summed E-state index contributed by atoms with van der Waals surface area (Å²) in [5.41, 5.74) is 3.52. The average molecular weight is 469 g/mol. The highest BCUT2D eigenvalue weighted by molar-refractivity contribution is 9.10. The van der Waals surface area contributed by atoms with Gasteiger partial charge in [0.15, 0.2) is 12.4 Å². The quantitative estimate of drug-likeness (QED) is 0.377. The molecule has 0 fully saturated rings. The zero-order chi connectivity index (χ0) is 20.4. The number of Topliss-reactive ketones (excluding diaryl/α,β-unsaturated/α-hetero) is 1. The van der Waals surface area contributed by atoms with Gasteiger partial charge in [0.1, 0.15) is 5.75 Å². The van der Waals surface area contributed by atoms with Gasteiger partial charge in [0.2, 0.25) is 0 Å². The Morgan fingerprint density at radius 2 is 1.76 bits per heavy atom. The Bertz CT molecular complexity index is 1120. The van der Waals surface area contributed by atoms with Crippen LogP contribution in [0.15, 0.2) is 71.2 Å². The van der Waals surface area contributed by atoms with Gasteiger partial charge in [0, 0.05) is 31.9 Å². The number of hydrogen-bond acceptors (Lipinski definition) is 3. The molecule has 4 nitrogen and oxygen atoms in total. The Morgan fingerprint density at radius 1 is 1.03 bits per heavy atom. The number of ether oxygens (including phenoxy) is 1. The third-order valence-corrected chi connectivity index (χ3v) is 5.26. The highest BCUT2D eigenvalue weighted by Crippen LogP contribution is 2.35. The molecule has 144 valence electrons. The third kappa shape index (κ3) is 4.42. The van der Waals surface area contributed by atoms with E-state index in [0.29, 0.717) is 21.9 Å². The van der Waals surface area contributed by atoms with Crippen molar-refractivity contribution >= 4 is 56.6 Å². The van der Waals surface area contributed by atoms with E-state index in [9.17, 15) is 9.59 Å². The van der Waals surface area contributed by atoms with Crippen molar-refractivity contribution in [3.63, 3.8) is 0 Å². The van der Waals surface area contributed by atoms with Gasteiger partial charge in [-0.15, -0.1) is 0 Å². The fourth-order valence-electron chi connectivity index (χ4n) is 3.00. The highest BCUT2D eigenvalue weighted by atomic mass is 79.9. The van der Waals surface area contributed by atoms with Gasteiger partial charge < -0.3 is 10.1 Å². The molecule has 0 aromatic heterocycles. The van der Waals surface area contributed by atoms with Gasteiger partial charge in [-0.25, -0.2) is 0 Å². The number of hydrogen-bond donors (Lipinski definition) is 1. The lowest BCUT2D eigenvalue weighted by Crippen LogP contribution is -2.11. The number of amides is 1. The molecule has 1 aliphatic rings. The van der Waals surface area contributed by atoms with Gasteiger partial charge in [0.25, 0.3) is 5.91 Å². The van der Waals surface area contributed by atoms with E-state index < -0.39 is 0 Å². The maximum atomic E-state index is 12.3. The smallest absolute Gasteiger partial charge is 0.256 e. The lowest BCUT2D eigenvalue weighted by molar-refractivity contribution is -0.110. The molecule has 0 unspecified atom stereocenters. The Balaban J connectivity index is 1.45. The van der Waals surface area contributed by atoms with Crippen LogP contribution in [0.4, 0.5) is 5.69 Å². The Kier molecular flexibility index (Phi) is 5.51. The number of nitrogens with one attached hydrogen (secondary N) is 1. The van der Waals surface area contributed by atoms with Crippen molar-refractivity contribution in [2.75, 3.05) is 11.9 Å². The third-order valence-electron chi connectivity index (χ3n) is 4.49. The molecule has 3 aromatic carbocycles. The SMILES string of the molecule is O=C1Nc2ccc(Cl)cc2/C1=C/c1ccc(OCC(=O)c2ccc(Br)cc2)cc1. The fraction of sp³-hybridized carbons (Fsp3) is 0.0435. The van der Waals surface area contributed by atoms with Gasteiger partial charge in [-0.1, -0.05) is 51.8 Å². The van der Waals surface area contributed by atoms with E-state index in [1.807, 2.05) is 24.3 Å². The molecule has 0 aliphatic carbocycles. The number of halogens is 2. The van der Waals surface area contributed by atoms with Crippen LogP contribution in [0, 0.1) is 0 Å². The summed E-state index contributed by atoms with van der Waals surface area (Å²) >= 11 is 9.41. The van der Waals surface area contributed by atoms with E-state index in [2.05, 4.69) is 21.2 Å². The molecule has 6 heteroatoms. The van der Waals surface area contributed by atoms with E-state index in [1.165, 1.54) is 0 Å². The first-order valence-corrected chi connectivity index (χ1v) is 10.0. The minimum atomic E-state index is -0.164. The summed E-state index contributed by atoms with van der Waals surface area (Å²) < 4.78 is 6.51. The minimum absolute atomic E-state index is 0.0453. The maximum Gasteiger partial charge on any atom is 0.256 e. The first kappa shape index (κ1) is 19.4. The zero-order valence-corrected chi connectivity index (χ0v) is 17.5. The van der Waals surface area contributed by atoms with E-state index >= 15 is 0 Å². The molecule has 4 rings (SSSR count). The van der Waals surface area contributed by atoms with Crippen LogP contribution in [0.5, 0.6) is 5.75 Å². The second kappa shape index (κ2) is 8.23. The molecule has 0 saturated heterocycles. The van der Waals surface area contributed by atoms with Crippen molar-refractivity contribution < 1.29 is 14.3 Å². The van der Waals surface area contributed by atoms with E-state index in [-0.39, 0.29) is 18.3 Å². The van der Waals surface area contributed by atoms with Crippen LogP contribution in [0.3, 0.4) is 0 Å². The fourth-order valence-corrected chi connectivity index (χ4v) is 3.43. The lowest BCUT2D eigenvalue weighted by atomic mass is 10.0. The van der Waals surface area contributed by atoms with Crippen LogP contribution in [0.1, 0.15) is 21.5 Å². The monoisotopic (exact) mass is 467 g/mol. The van der Waals surface area contributed by atoms with Crippen LogP contribution in [0.25, 0.3) is 11.6 Å². The second-order valence-corrected chi connectivity index (χ2v) is 7.84. The molecule has 1 heterocycles. The van der Waals surface area contributed by atoms with E-state index in [1.54, 1.807) is 48.5 Å². The predicted molar refractivity (Wildman–Crippen MR) is 118 cm³/mol. The van der Waals surface area contributed by atoms with Gasteiger partial charge in [0.05, 0.1) is 0 Å². The number of benzene rings is 3. The summed E-state index contributed by atoms with van der Waals surface area (Å²) in [7, 11) is 0. The number of ketones is 1. The molecular formula is C23H15BrClNO3. The number of anilines is 1. The summed E-state index contributed by atoms with van der Waals surface area (Å²) in [4.78, 5) is 24.5. The van der Waals surface area contributed by atoms with E-state index in [0.717, 1.165) is 21.3 Å². The number of rotatable bonds is 5. The van der Waals surface area contributed by atoms with Crippen LogP contribution in [0.2, 0.25) is 5.02 Å². The molecule has 1 amide bonds. The Labute approximate surface area is 181 Å². The van der Waals surface area contributed by atoms with Crippen molar-refractivity contribution in [1.29, 1.82) is 0 Å². The normalized spacial score (nSPS) is 13.9. The lowest BCUT2D eigenvalue weighted by Gasteiger charge is -2.06. The molecular weight excluding hydrogens is 454 g/mol. The largest absolute Gasteiger partial charge is 0.485 e. The van der Waals surface area contributed by atoms with Crippen LogP contribution in [-0.4, -0.2) is 18.3 Å². The van der Waals surface area contributed by atoms with Gasteiger partial charge >= 0.3 is 0 Å². The zero-order valence-electron chi connectivity index (χ0n) is 15.1. The Morgan fingerprint density at radius 3 is 2.48 bits per heavy atom. The molecule has 0 spiro atoms. The highest BCUT2D eigenvalue weighted by Gasteiger charge is 2.24. The van der Waals surface area contributed by atoms with Gasteiger partial charge in [-0.3, -0.25) is 9.59 Å². The van der Waals surface area contributed by atoms with Gasteiger partial charge in [-0.2, -0.15) is 0 Å². The van der Waals surface area contributed by atoms with E-state index in [4.69, 9.17) is 16.3 Å². The molecule has 29 heavy (non-hydrogen) atoms. The van der Waals surface area contributed by atoms with Crippen LogP contribution >= 0.6 is 27.5 Å². The van der Waals surface area contributed by atoms with Crippen molar-refractivity contribution in [2.45, 2.75) is 0 Å². The van der Waals surface area contributed by atoms with Crippen molar-refractivity contribution in [2.24, 2.45) is 0 Å². The topological polar surface area (TPSA) is 55.4 Å². The summed E-state index contributed by atoms with van der Waals surface area (Å²) in [6.07, 6.45) is 1.80. The minimum Gasteiger partial charge on any atom is -0.485 e. The van der Waals surface area contributed by atoms with Crippen LogP contribution in [-0.2, 0) is 4.79 Å². The summed E-state index contributed by atoms with van der Waals surface area (Å²) in [6.45, 7) is -0.0453. The second-order valence-electron chi connectivity index (χ2n) is 6.49. The first-order chi connectivity index (χ1) is 14.0. The molecule has 0 saturated carbocycles. The molecule has 0 bridgehead atoms. The van der Waals surface area contributed by atoms with Gasteiger partial charge in [-0.05, 0) is 54.1 Å². The average Bonchev–Trinajstić information content (AvgIpc) is 3.02. The van der Waals surface area contributed by atoms with Crippen molar-refractivity contribution in [3.05, 3.63) is 92.9 Å². The molecule has 1 N–H and O–H groups in total. The predicted octanol–water partition coefficient (Wildman–Crippen LogP) is 5.86. The first-order valence-electron chi connectivity index (χ1n) is 8.84. The maximum absolute atomic E-state index is 12.3. The van der Waals surface area contributed by atoms with Crippen molar-refractivity contribution in [3.8, 4) is 5.75 Å². The summed E-state index contributed by atoms with van der Waals surface area (Å²) in [5, 5.41) is 3.40. The molecule has 1 aliphatic heterocycles. The summed E-state index contributed by atoms with van der Waals surface area (Å²) in [6, 6.07) is 19.7. The number of fused-ring (bicyclic) bond motifs is 1. The number of carbonyl (C=O) groups excluding carboxylic acids is 2. The molecule has 0 radical (unpaired) electrons. The Hall–Kier alpha value is -2.89. The molecule has 0 atom stereocenters. The molecule has 3 aromatic rings. The summed E-state index contributed by atoms with van der Waals surface area (Å²) in [5.74, 6) is 0.319. The van der Waals surface area contributed by atoms with Crippen molar-refractivity contribution in [1.82, 2.24) is 0 Å². The van der Waals surface area contributed by atoms with Crippen LogP contribution < -0.4 is 10.1 Å². The number of carbonyl (C=O) groups is 2. The standard InChI is InChI=1S/C23H15BrClNO3/c24-16-5-3-15(4-6-16)22(27)13-29-18-8-1-14(2-9-18)11-20-19-12-17(25)7-10-21(19)26-23(20)28/h1-12H,13H2,(H,26,28)/b20-11-.